The van der Waals surface area contributed by atoms with Crippen LogP contribution in [0.25, 0.3) is 33.4 Å². The molecule has 4 aromatic rings. The third-order valence-electron chi connectivity index (χ3n) is 5.11. The molecule has 0 heterocycles. The standard InChI is InChI=1S/C25H18.2CH4/c1-3-7-18(8-4-1)20-11-13-22-15-23-14-12-21(17-25(23)24(22)16-20)19-9-5-2-6-10-19;;/h1-14,16-17H,15H2;2*1H4/i;2*1T. The Balaban J connectivity index is 0.000000568. The molecule has 0 unspecified atom stereocenters. The molecule has 1 aliphatic carbocycles. The van der Waals surface area contributed by atoms with E-state index in [2.05, 4.69) is 97.1 Å². The van der Waals surface area contributed by atoms with Gasteiger partial charge in [-0.25, -0.2) is 0 Å². The highest BCUT2D eigenvalue weighted by Gasteiger charge is 2.19. The van der Waals surface area contributed by atoms with E-state index in [1.54, 1.807) is 0 Å². The number of benzene rings is 4. The van der Waals surface area contributed by atoms with Crippen LogP contribution in [0.1, 0.15) is 28.7 Å². The second-order valence-electron chi connectivity index (χ2n) is 6.65. The molecule has 0 aromatic heterocycles. The summed E-state index contributed by atoms with van der Waals surface area (Å²) in [6.07, 6.45) is 1.04. The molecule has 0 amide bonds. The first-order valence-corrected chi connectivity index (χ1v) is 8.75. The lowest BCUT2D eigenvalue weighted by Crippen LogP contribution is -1.83. The lowest BCUT2D eigenvalue weighted by atomic mass is 9.96. The molecule has 0 spiro atoms. The highest BCUT2D eigenvalue weighted by atomic mass is 14.2. The van der Waals surface area contributed by atoms with Gasteiger partial charge in [-0.05, 0) is 63.1 Å². The number of hydrogen-bond donors (Lipinski definition) is 0. The van der Waals surface area contributed by atoms with Gasteiger partial charge in [0.1, 0.15) is 0 Å². The monoisotopic (exact) mass is 354 g/mol. The molecule has 0 atom stereocenters. The van der Waals surface area contributed by atoms with E-state index in [1.807, 2.05) is 0 Å². The molecule has 27 heavy (non-hydrogen) atoms. The first-order valence-electron chi connectivity index (χ1n) is 10.8. The number of fused-ring (bicyclic) bond motifs is 3. The summed E-state index contributed by atoms with van der Waals surface area (Å²) in [6.45, 7) is 0. The predicted octanol–water partition coefficient (Wildman–Crippen LogP) is 7.86. The molecule has 0 aliphatic heterocycles. The molecule has 134 valence electrons. The second kappa shape index (κ2) is 7.63. The summed E-state index contributed by atoms with van der Waals surface area (Å²) < 4.78 is 11.5. The maximum atomic E-state index is 5.75. The van der Waals surface area contributed by atoms with Crippen molar-refractivity contribution in [2.24, 2.45) is 0 Å². The fourth-order valence-corrected chi connectivity index (χ4v) is 3.79. The fraction of sp³-hybridized carbons (Fsp3) is 0.111. The molecule has 0 fully saturated rings. The maximum absolute atomic E-state index is 5.75. The van der Waals surface area contributed by atoms with Crippen LogP contribution < -0.4 is 0 Å². The Morgan fingerprint density at radius 2 is 0.889 bits per heavy atom. The molecule has 0 saturated heterocycles. The summed E-state index contributed by atoms with van der Waals surface area (Å²) in [5.41, 5.74) is 10.8. The largest absolute Gasteiger partial charge is 0.0776 e. The van der Waals surface area contributed by atoms with E-state index in [0.29, 0.717) is 0 Å². The molecule has 0 saturated carbocycles. The average Bonchev–Trinajstić information content (AvgIpc) is 3.20. The van der Waals surface area contributed by atoms with Gasteiger partial charge < -0.3 is 0 Å². The van der Waals surface area contributed by atoms with Gasteiger partial charge in [-0.15, -0.1) is 0 Å². The van der Waals surface area contributed by atoms with Gasteiger partial charge in [-0.3, -0.25) is 0 Å². The van der Waals surface area contributed by atoms with Gasteiger partial charge in [-0.1, -0.05) is 99.7 Å². The highest BCUT2D eigenvalue weighted by Crippen LogP contribution is 2.40. The molecule has 0 heteroatoms. The predicted molar refractivity (Wildman–Crippen MR) is 119 cm³/mol. The van der Waals surface area contributed by atoms with E-state index in [9.17, 15) is 0 Å². The smallest absolute Gasteiger partial charge is 0.0194 e. The van der Waals surface area contributed by atoms with Crippen LogP contribution in [0.3, 0.4) is 0 Å². The molecule has 0 nitrogen and oxygen atoms in total. The quantitative estimate of drug-likeness (QED) is 0.302. The summed E-state index contributed by atoms with van der Waals surface area (Å²) in [5, 5.41) is 0. The summed E-state index contributed by atoms with van der Waals surface area (Å²) in [7, 11) is 2.50. The van der Waals surface area contributed by atoms with Crippen molar-refractivity contribution < 1.29 is 2.74 Å². The van der Waals surface area contributed by atoms with Gasteiger partial charge in [0.05, 0.1) is 0 Å². The van der Waals surface area contributed by atoms with Gasteiger partial charge in [0, 0.05) is 2.74 Å². The van der Waals surface area contributed by atoms with Crippen LogP contribution >= 0.6 is 0 Å². The van der Waals surface area contributed by atoms with Crippen LogP contribution in [-0.4, -0.2) is 0 Å². The SMILES string of the molecule is [3H]C.[3H]C.c1ccc(-c2ccc3c(c2)-c2cc(-c4ccccc4)ccc2C3)cc1. The van der Waals surface area contributed by atoms with Gasteiger partial charge in [0.15, 0.2) is 0 Å². The van der Waals surface area contributed by atoms with Gasteiger partial charge in [0.2, 0.25) is 0 Å². The summed E-state index contributed by atoms with van der Waals surface area (Å²) >= 11 is 0. The first kappa shape index (κ1) is 16.1. The van der Waals surface area contributed by atoms with Crippen molar-refractivity contribution in [1.29, 1.82) is 0 Å². The Kier molecular flexibility index (Phi) is 4.55. The fourth-order valence-electron chi connectivity index (χ4n) is 3.79. The Hall–Kier alpha value is -3.12. The van der Waals surface area contributed by atoms with Crippen molar-refractivity contribution in [1.82, 2.24) is 0 Å². The van der Waals surface area contributed by atoms with E-state index in [0.717, 1.165) is 6.42 Å². The summed E-state index contributed by atoms with van der Waals surface area (Å²) in [6, 6.07) is 35.0. The maximum Gasteiger partial charge on any atom is 0.0194 e. The third-order valence-corrected chi connectivity index (χ3v) is 5.11. The molecule has 4 aromatic carbocycles. The zero-order valence-corrected chi connectivity index (χ0v) is 15.9. The Morgan fingerprint density at radius 3 is 1.30 bits per heavy atom. The van der Waals surface area contributed by atoms with Crippen LogP contribution in [0.5, 0.6) is 0 Å². The number of rotatable bonds is 2. The van der Waals surface area contributed by atoms with Crippen molar-refractivity contribution in [2.75, 3.05) is 0 Å². The Bertz CT molecular complexity index is 967. The van der Waals surface area contributed by atoms with Crippen molar-refractivity contribution in [3.05, 3.63) is 108 Å². The topological polar surface area (TPSA) is 0 Å². The highest BCUT2D eigenvalue weighted by molar-refractivity contribution is 5.84. The van der Waals surface area contributed by atoms with Crippen LogP contribution in [0.4, 0.5) is 0 Å². The summed E-state index contributed by atoms with van der Waals surface area (Å²) in [5.74, 6) is 0. The third kappa shape index (κ3) is 3.31. The normalized spacial score (nSPS) is 11.5. The molecule has 0 bridgehead atoms. The van der Waals surface area contributed by atoms with E-state index in [-0.39, 0.29) is 0 Å². The van der Waals surface area contributed by atoms with Gasteiger partial charge in [0.25, 0.3) is 0 Å². The van der Waals surface area contributed by atoms with Crippen molar-refractivity contribution in [3.8, 4) is 33.4 Å². The molecule has 1 aliphatic rings. The van der Waals surface area contributed by atoms with Crippen LogP contribution in [-0.2, 0) is 6.42 Å². The van der Waals surface area contributed by atoms with E-state index in [1.165, 1.54) is 59.3 Å². The van der Waals surface area contributed by atoms with Gasteiger partial charge >= 0.3 is 0 Å². The van der Waals surface area contributed by atoms with E-state index < -0.39 is 0 Å². The van der Waals surface area contributed by atoms with E-state index in [4.69, 9.17) is 2.74 Å². The number of hydrogen-bond acceptors (Lipinski definition) is 0. The van der Waals surface area contributed by atoms with Crippen molar-refractivity contribution in [3.63, 3.8) is 0 Å². The second-order valence-corrected chi connectivity index (χ2v) is 6.65. The van der Waals surface area contributed by atoms with Gasteiger partial charge in [-0.2, -0.15) is 0 Å². The molecular weight excluding hydrogens is 324 g/mol. The molecule has 0 N–H and O–H groups in total. The lowest BCUT2D eigenvalue weighted by molar-refractivity contribution is 1.26. The minimum Gasteiger partial charge on any atom is -0.0776 e. The average molecular weight is 355 g/mol. The molecule has 0 radical (unpaired) electrons. The van der Waals surface area contributed by atoms with Crippen LogP contribution in [0.15, 0.2) is 97.1 Å². The van der Waals surface area contributed by atoms with Crippen LogP contribution in [0, 0.1) is 0 Å². The minimum absolute atomic E-state index is 1.04. The van der Waals surface area contributed by atoms with Crippen molar-refractivity contribution >= 4 is 0 Å². The Labute approximate surface area is 166 Å². The van der Waals surface area contributed by atoms with E-state index >= 15 is 0 Å². The summed E-state index contributed by atoms with van der Waals surface area (Å²) in [4.78, 5) is 0. The van der Waals surface area contributed by atoms with Crippen molar-refractivity contribution in [2.45, 2.75) is 21.2 Å². The zero-order valence-electron chi connectivity index (χ0n) is 17.9. The molecule has 5 rings (SSSR count). The molecular formula is C27H26. The zero-order chi connectivity index (χ0) is 20.6. The Morgan fingerprint density at radius 1 is 0.481 bits per heavy atom. The minimum atomic E-state index is 1.04. The lowest BCUT2D eigenvalue weighted by Gasteiger charge is -2.08. The van der Waals surface area contributed by atoms with Crippen LogP contribution in [0.2, 0.25) is 0 Å². The first-order chi connectivity index (χ1) is 14.4.